The van der Waals surface area contributed by atoms with Crippen molar-refractivity contribution < 1.29 is 0 Å². The van der Waals surface area contributed by atoms with Crippen molar-refractivity contribution in [2.45, 2.75) is 103 Å². The molecule has 2 heteroatoms. The summed E-state index contributed by atoms with van der Waals surface area (Å²) >= 11 is 0. The molecule has 0 aromatic carbocycles. The molecule has 0 radical (unpaired) electrons. The van der Waals surface area contributed by atoms with Crippen LogP contribution in [-0.4, -0.2) is 37.1 Å². The summed E-state index contributed by atoms with van der Waals surface area (Å²) in [5.74, 6) is 0. The van der Waals surface area contributed by atoms with E-state index >= 15 is 0 Å². The summed E-state index contributed by atoms with van der Waals surface area (Å²) < 4.78 is 0. The molecule has 1 N–H and O–H groups in total. The van der Waals surface area contributed by atoms with Gasteiger partial charge in [-0.1, -0.05) is 66.2 Å². The van der Waals surface area contributed by atoms with E-state index in [2.05, 4.69) is 52.0 Å². The Morgan fingerprint density at radius 1 is 0.810 bits per heavy atom. The summed E-state index contributed by atoms with van der Waals surface area (Å²) in [6.07, 6.45) is 13.4. The summed E-state index contributed by atoms with van der Waals surface area (Å²) in [4.78, 5) is 2.47. The SMILES string of the molecule is CCCCCCCCC(NCCC)C(CC)(CC)N(C)C. The van der Waals surface area contributed by atoms with Gasteiger partial charge in [0.1, 0.15) is 0 Å². The van der Waals surface area contributed by atoms with E-state index in [-0.39, 0.29) is 0 Å². The lowest BCUT2D eigenvalue weighted by atomic mass is 9.80. The van der Waals surface area contributed by atoms with Gasteiger partial charge in [0.05, 0.1) is 0 Å². The van der Waals surface area contributed by atoms with E-state index in [0.29, 0.717) is 11.6 Å². The maximum Gasteiger partial charge on any atom is 0.0351 e. The molecule has 1 atom stereocenters. The van der Waals surface area contributed by atoms with Crippen LogP contribution in [0.15, 0.2) is 0 Å². The zero-order chi connectivity index (χ0) is 16.1. The predicted molar refractivity (Wildman–Crippen MR) is 97.1 cm³/mol. The van der Waals surface area contributed by atoms with E-state index in [1.54, 1.807) is 0 Å². The highest BCUT2D eigenvalue weighted by molar-refractivity contribution is 4.96. The van der Waals surface area contributed by atoms with Crippen LogP contribution in [-0.2, 0) is 0 Å². The van der Waals surface area contributed by atoms with Gasteiger partial charge in [0, 0.05) is 11.6 Å². The third kappa shape index (κ3) is 7.15. The zero-order valence-electron chi connectivity index (χ0n) is 15.8. The smallest absolute Gasteiger partial charge is 0.0351 e. The summed E-state index contributed by atoms with van der Waals surface area (Å²) in [5.41, 5.74) is 0.318. The van der Waals surface area contributed by atoms with Crippen molar-refractivity contribution in [1.29, 1.82) is 0 Å². The third-order valence-electron chi connectivity index (χ3n) is 5.25. The van der Waals surface area contributed by atoms with Gasteiger partial charge in [-0.25, -0.2) is 0 Å². The van der Waals surface area contributed by atoms with E-state index in [1.807, 2.05) is 0 Å². The molecule has 0 spiro atoms. The Balaban J connectivity index is 4.47. The first-order chi connectivity index (χ1) is 10.1. The molecule has 0 bridgehead atoms. The van der Waals surface area contributed by atoms with E-state index < -0.39 is 0 Å². The van der Waals surface area contributed by atoms with Crippen LogP contribution in [0.2, 0.25) is 0 Å². The van der Waals surface area contributed by atoms with Crippen LogP contribution in [0.5, 0.6) is 0 Å². The molecule has 2 nitrogen and oxygen atoms in total. The van der Waals surface area contributed by atoms with Crippen LogP contribution in [0.4, 0.5) is 0 Å². The fourth-order valence-electron chi connectivity index (χ4n) is 3.70. The molecule has 0 aliphatic carbocycles. The largest absolute Gasteiger partial charge is 0.312 e. The fourth-order valence-corrected chi connectivity index (χ4v) is 3.70. The second-order valence-electron chi connectivity index (χ2n) is 6.77. The molecule has 0 aromatic rings. The number of hydrogen-bond donors (Lipinski definition) is 1. The van der Waals surface area contributed by atoms with Crippen molar-refractivity contribution in [2.75, 3.05) is 20.6 Å². The molecule has 0 fully saturated rings. The lowest BCUT2D eigenvalue weighted by molar-refractivity contribution is 0.0827. The molecule has 0 aliphatic rings. The monoisotopic (exact) mass is 298 g/mol. The van der Waals surface area contributed by atoms with Crippen LogP contribution in [0.3, 0.4) is 0 Å². The van der Waals surface area contributed by atoms with Crippen molar-refractivity contribution in [3.05, 3.63) is 0 Å². The number of nitrogens with zero attached hydrogens (tertiary/aromatic N) is 1. The Bertz CT molecular complexity index is 222. The van der Waals surface area contributed by atoms with E-state index in [0.717, 1.165) is 6.54 Å². The van der Waals surface area contributed by atoms with Crippen LogP contribution in [0.1, 0.15) is 91.9 Å². The van der Waals surface area contributed by atoms with Gasteiger partial charge in [-0.15, -0.1) is 0 Å². The van der Waals surface area contributed by atoms with Crippen molar-refractivity contribution >= 4 is 0 Å². The average molecular weight is 299 g/mol. The Morgan fingerprint density at radius 2 is 1.38 bits per heavy atom. The first-order valence-electron chi connectivity index (χ1n) is 9.49. The maximum absolute atomic E-state index is 3.85. The number of rotatable bonds is 14. The molecule has 1 unspecified atom stereocenters. The van der Waals surface area contributed by atoms with Gasteiger partial charge in [0.2, 0.25) is 0 Å². The Morgan fingerprint density at radius 3 is 1.86 bits per heavy atom. The highest BCUT2D eigenvalue weighted by atomic mass is 15.2. The molecule has 0 rings (SSSR count). The molecule has 0 saturated heterocycles. The van der Waals surface area contributed by atoms with Gasteiger partial charge >= 0.3 is 0 Å². The van der Waals surface area contributed by atoms with Gasteiger partial charge in [0.25, 0.3) is 0 Å². The normalized spacial score (nSPS) is 13.9. The number of nitrogens with one attached hydrogen (secondary N) is 1. The lowest BCUT2D eigenvalue weighted by Gasteiger charge is -2.46. The quantitative estimate of drug-likeness (QED) is 0.442. The zero-order valence-corrected chi connectivity index (χ0v) is 15.8. The topological polar surface area (TPSA) is 15.3 Å². The summed E-state index contributed by atoms with van der Waals surface area (Å²) in [6, 6.07) is 0.633. The van der Waals surface area contributed by atoms with Gasteiger partial charge in [-0.3, -0.25) is 0 Å². The minimum atomic E-state index is 0.318. The summed E-state index contributed by atoms with van der Waals surface area (Å²) in [6.45, 7) is 10.4. The Hall–Kier alpha value is -0.0800. The second kappa shape index (κ2) is 12.5. The lowest BCUT2D eigenvalue weighted by Crippen LogP contribution is -2.58. The van der Waals surface area contributed by atoms with Crippen molar-refractivity contribution in [3.63, 3.8) is 0 Å². The van der Waals surface area contributed by atoms with Crippen LogP contribution >= 0.6 is 0 Å². The van der Waals surface area contributed by atoms with E-state index in [9.17, 15) is 0 Å². The van der Waals surface area contributed by atoms with E-state index in [4.69, 9.17) is 0 Å². The molecule has 21 heavy (non-hydrogen) atoms. The van der Waals surface area contributed by atoms with Crippen LogP contribution in [0, 0.1) is 0 Å². The molecular formula is C19H42N2. The number of likely N-dealkylation sites (N-methyl/N-ethyl adjacent to an activating group) is 1. The summed E-state index contributed by atoms with van der Waals surface area (Å²) in [7, 11) is 4.52. The Labute approximate surface area is 135 Å². The standard InChI is InChI=1S/C19H42N2/c1-7-11-12-13-14-15-16-18(20-17-8-2)19(9-3,10-4)21(5)6/h18,20H,7-17H2,1-6H3. The van der Waals surface area contributed by atoms with Gasteiger partial charge in [0.15, 0.2) is 0 Å². The fraction of sp³-hybridized carbons (Fsp3) is 1.00. The molecule has 0 aromatic heterocycles. The van der Waals surface area contributed by atoms with Crippen LogP contribution < -0.4 is 5.32 Å². The predicted octanol–water partition coefficient (Wildman–Crippen LogP) is 5.23. The molecule has 0 amide bonds. The van der Waals surface area contributed by atoms with Gasteiger partial charge in [-0.05, 0) is 46.3 Å². The van der Waals surface area contributed by atoms with Crippen LogP contribution in [0.25, 0.3) is 0 Å². The van der Waals surface area contributed by atoms with Crippen molar-refractivity contribution in [3.8, 4) is 0 Å². The molecule has 128 valence electrons. The first-order valence-corrected chi connectivity index (χ1v) is 9.49. The van der Waals surface area contributed by atoms with E-state index in [1.165, 1.54) is 64.2 Å². The molecule has 0 saturated carbocycles. The minimum Gasteiger partial charge on any atom is -0.312 e. The summed E-state index contributed by atoms with van der Waals surface area (Å²) in [5, 5.41) is 3.85. The molecular weight excluding hydrogens is 256 g/mol. The van der Waals surface area contributed by atoms with Gasteiger partial charge < -0.3 is 10.2 Å². The van der Waals surface area contributed by atoms with Crippen molar-refractivity contribution in [1.82, 2.24) is 10.2 Å². The second-order valence-corrected chi connectivity index (χ2v) is 6.77. The minimum absolute atomic E-state index is 0.318. The average Bonchev–Trinajstić information content (AvgIpc) is 2.48. The molecule has 0 aliphatic heterocycles. The number of unbranched alkanes of at least 4 members (excludes halogenated alkanes) is 5. The first kappa shape index (κ1) is 20.9. The molecule has 0 heterocycles. The number of hydrogen-bond acceptors (Lipinski definition) is 2. The van der Waals surface area contributed by atoms with Gasteiger partial charge in [-0.2, -0.15) is 0 Å². The maximum atomic E-state index is 3.85. The van der Waals surface area contributed by atoms with Crippen molar-refractivity contribution in [2.24, 2.45) is 0 Å². The Kier molecular flexibility index (Phi) is 12.4. The third-order valence-corrected chi connectivity index (χ3v) is 5.25. The highest BCUT2D eigenvalue weighted by Crippen LogP contribution is 2.29. The highest BCUT2D eigenvalue weighted by Gasteiger charge is 2.36.